The third-order valence-corrected chi connectivity index (χ3v) is 5.88. The Morgan fingerprint density at radius 1 is 1.39 bits per heavy atom. The van der Waals surface area contributed by atoms with Crippen LogP contribution in [0.25, 0.3) is 0 Å². The number of halogens is 3. The minimum atomic E-state index is -3.93. The Kier molecular flexibility index (Phi) is 6.62. The molecule has 1 fully saturated rings. The zero-order valence-electron chi connectivity index (χ0n) is 16.2. The highest BCUT2D eigenvalue weighted by Gasteiger charge is 2.57. The fraction of sp³-hybridized carbons (Fsp3) is 0.611. The first-order valence-corrected chi connectivity index (χ1v) is 10.9. The predicted octanol–water partition coefficient (Wildman–Crippen LogP) is 3.45. The molecule has 0 saturated carbocycles. The van der Waals surface area contributed by atoms with Crippen molar-refractivity contribution in [2.24, 2.45) is 0 Å². The third kappa shape index (κ3) is 5.78. The second kappa shape index (κ2) is 8.12. The molecule has 0 bridgehead atoms. The average Bonchev–Trinajstić information content (AvgIpc) is 2.77. The average molecular weight is 439 g/mol. The standard InChI is InChI=1S/C18H25ClF2N2O4S/c1-5-28(25,26)22-15-14(10-12-7-6-8-13(19)9-12)23(11-18(15,20)21)16(24)27-17(2,3)4/h6-9,14-15,22H,5,10-11H2,1-4H3/t14-,15+/m0/s1. The van der Waals surface area contributed by atoms with E-state index >= 15 is 0 Å². The smallest absolute Gasteiger partial charge is 0.410 e. The zero-order chi connectivity index (χ0) is 21.3. The van der Waals surface area contributed by atoms with Crippen molar-refractivity contribution in [2.75, 3.05) is 12.3 Å². The number of alkyl halides is 2. The summed E-state index contributed by atoms with van der Waals surface area (Å²) in [4.78, 5) is 13.5. The molecule has 0 spiro atoms. The Hall–Kier alpha value is -1.45. The Morgan fingerprint density at radius 3 is 2.57 bits per heavy atom. The van der Waals surface area contributed by atoms with Gasteiger partial charge in [-0.2, -0.15) is 0 Å². The number of hydrogen-bond acceptors (Lipinski definition) is 4. The Balaban J connectivity index is 2.41. The highest BCUT2D eigenvalue weighted by Crippen LogP contribution is 2.36. The van der Waals surface area contributed by atoms with E-state index in [1.165, 1.54) is 6.92 Å². The summed E-state index contributed by atoms with van der Waals surface area (Å²) in [6, 6.07) is 3.66. The number of rotatable bonds is 5. The van der Waals surface area contributed by atoms with Crippen molar-refractivity contribution >= 4 is 27.7 Å². The summed E-state index contributed by atoms with van der Waals surface area (Å²) in [6.07, 6.45) is -0.927. The molecule has 10 heteroatoms. The van der Waals surface area contributed by atoms with Crippen LogP contribution in [0.4, 0.5) is 13.6 Å². The molecule has 1 aromatic rings. The molecule has 1 aliphatic rings. The van der Waals surface area contributed by atoms with Crippen LogP contribution < -0.4 is 4.72 Å². The van der Waals surface area contributed by atoms with Crippen LogP contribution in [0.15, 0.2) is 24.3 Å². The SMILES string of the molecule is CCS(=O)(=O)N[C@@H]1[C@H](Cc2cccc(Cl)c2)N(C(=O)OC(C)(C)C)CC1(F)F. The van der Waals surface area contributed by atoms with E-state index in [4.69, 9.17) is 16.3 Å². The summed E-state index contributed by atoms with van der Waals surface area (Å²) >= 11 is 5.97. The van der Waals surface area contributed by atoms with E-state index in [-0.39, 0.29) is 12.2 Å². The van der Waals surface area contributed by atoms with Gasteiger partial charge in [0.1, 0.15) is 11.6 Å². The van der Waals surface area contributed by atoms with E-state index in [2.05, 4.69) is 4.72 Å². The number of nitrogens with zero attached hydrogens (tertiary/aromatic N) is 1. The Morgan fingerprint density at radius 2 is 2.04 bits per heavy atom. The number of hydrogen-bond donors (Lipinski definition) is 1. The molecule has 0 aromatic heterocycles. The summed E-state index contributed by atoms with van der Waals surface area (Å²) in [7, 11) is -3.93. The van der Waals surface area contributed by atoms with Gasteiger partial charge in [-0.05, 0) is 51.8 Å². The van der Waals surface area contributed by atoms with E-state index in [9.17, 15) is 22.0 Å². The molecular weight excluding hydrogens is 414 g/mol. The van der Waals surface area contributed by atoms with E-state index in [1.54, 1.807) is 45.0 Å². The lowest BCUT2D eigenvalue weighted by atomic mass is 9.99. The lowest BCUT2D eigenvalue weighted by Gasteiger charge is -2.30. The van der Waals surface area contributed by atoms with Crippen molar-refractivity contribution in [3.8, 4) is 0 Å². The summed E-state index contributed by atoms with van der Waals surface area (Å²) in [5.74, 6) is -3.81. The molecule has 0 unspecified atom stereocenters. The number of amides is 1. The highest BCUT2D eigenvalue weighted by molar-refractivity contribution is 7.89. The van der Waals surface area contributed by atoms with Gasteiger partial charge in [-0.3, -0.25) is 4.90 Å². The van der Waals surface area contributed by atoms with Crippen molar-refractivity contribution < 1.29 is 26.7 Å². The van der Waals surface area contributed by atoms with Crippen molar-refractivity contribution in [1.82, 2.24) is 9.62 Å². The van der Waals surface area contributed by atoms with Crippen molar-refractivity contribution in [3.63, 3.8) is 0 Å². The number of carbonyl (C=O) groups is 1. The van der Waals surface area contributed by atoms with Crippen molar-refractivity contribution in [3.05, 3.63) is 34.9 Å². The van der Waals surface area contributed by atoms with Gasteiger partial charge in [-0.15, -0.1) is 0 Å². The first-order valence-electron chi connectivity index (χ1n) is 8.86. The molecule has 6 nitrogen and oxygen atoms in total. The molecule has 1 N–H and O–H groups in total. The maximum absolute atomic E-state index is 14.7. The molecular formula is C18H25ClF2N2O4S. The fourth-order valence-electron chi connectivity index (χ4n) is 3.00. The lowest BCUT2D eigenvalue weighted by Crippen LogP contribution is -2.53. The van der Waals surface area contributed by atoms with Crippen LogP contribution in [0.2, 0.25) is 5.02 Å². The Labute approximate surface area is 169 Å². The molecule has 1 heterocycles. The molecule has 2 atom stereocenters. The quantitative estimate of drug-likeness (QED) is 0.764. The number of likely N-dealkylation sites (tertiary alicyclic amines) is 1. The summed E-state index contributed by atoms with van der Waals surface area (Å²) in [6.45, 7) is 5.30. The third-order valence-electron chi connectivity index (χ3n) is 4.27. The largest absolute Gasteiger partial charge is 0.444 e. The molecule has 158 valence electrons. The van der Waals surface area contributed by atoms with Crippen LogP contribution >= 0.6 is 11.6 Å². The Bertz CT molecular complexity index is 827. The normalized spacial score (nSPS) is 22.3. The summed E-state index contributed by atoms with van der Waals surface area (Å²) in [5.41, 5.74) is -0.280. The minimum absolute atomic E-state index is 0.00765. The highest BCUT2D eigenvalue weighted by atomic mass is 35.5. The van der Waals surface area contributed by atoms with Crippen molar-refractivity contribution in [1.29, 1.82) is 0 Å². The van der Waals surface area contributed by atoms with E-state index in [0.717, 1.165) is 4.90 Å². The van der Waals surface area contributed by atoms with Crippen LogP contribution in [0.3, 0.4) is 0 Å². The van der Waals surface area contributed by atoms with Gasteiger partial charge in [-0.25, -0.2) is 26.7 Å². The molecule has 28 heavy (non-hydrogen) atoms. The molecule has 2 rings (SSSR count). The van der Waals surface area contributed by atoms with E-state index in [0.29, 0.717) is 10.6 Å². The molecule has 1 aromatic carbocycles. The number of ether oxygens (including phenoxy) is 1. The zero-order valence-corrected chi connectivity index (χ0v) is 17.8. The van der Waals surface area contributed by atoms with Crippen molar-refractivity contribution in [2.45, 2.75) is 57.7 Å². The maximum Gasteiger partial charge on any atom is 0.410 e. The summed E-state index contributed by atoms with van der Waals surface area (Å²) in [5, 5.41) is 0.414. The van der Waals surface area contributed by atoms with Crippen LogP contribution in [0.1, 0.15) is 33.3 Å². The monoisotopic (exact) mass is 438 g/mol. The topological polar surface area (TPSA) is 75.7 Å². The molecule has 0 aliphatic carbocycles. The van der Waals surface area contributed by atoms with E-state index < -0.39 is 46.3 Å². The molecule has 0 radical (unpaired) electrons. The van der Waals surface area contributed by atoms with Gasteiger partial charge in [0.15, 0.2) is 0 Å². The maximum atomic E-state index is 14.7. The predicted molar refractivity (Wildman–Crippen MR) is 103 cm³/mol. The van der Waals surface area contributed by atoms with Gasteiger partial charge >= 0.3 is 6.09 Å². The number of sulfonamides is 1. The van der Waals surface area contributed by atoms with Crippen LogP contribution in [-0.2, 0) is 21.2 Å². The van der Waals surface area contributed by atoms with Gasteiger partial charge in [0.25, 0.3) is 5.92 Å². The fourth-order valence-corrected chi connectivity index (χ4v) is 4.10. The van der Waals surface area contributed by atoms with Gasteiger partial charge in [0.05, 0.1) is 18.3 Å². The minimum Gasteiger partial charge on any atom is -0.444 e. The molecule has 1 amide bonds. The van der Waals surface area contributed by atoms with Crippen LogP contribution in [0.5, 0.6) is 0 Å². The second-order valence-electron chi connectivity index (χ2n) is 7.77. The summed E-state index contributed by atoms with van der Waals surface area (Å²) < 4.78 is 60.8. The lowest BCUT2D eigenvalue weighted by molar-refractivity contribution is -0.0122. The van der Waals surface area contributed by atoms with Gasteiger partial charge in [-0.1, -0.05) is 23.7 Å². The first kappa shape index (κ1) is 22.8. The van der Waals surface area contributed by atoms with Crippen LogP contribution in [-0.4, -0.2) is 55.3 Å². The molecule has 1 aliphatic heterocycles. The number of benzene rings is 1. The van der Waals surface area contributed by atoms with E-state index in [1.807, 2.05) is 0 Å². The second-order valence-corrected chi connectivity index (χ2v) is 10.2. The first-order chi connectivity index (χ1) is 12.7. The van der Waals surface area contributed by atoms with Gasteiger partial charge in [0.2, 0.25) is 10.0 Å². The van der Waals surface area contributed by atoms with Gasteiger partial charge in [0, 0.05) is 5.02 Å². The molecule has 1 saturated heterocycles. The van der Waals surface area contributed by atoms with Gasteiger partial charge < -0.3 is 4.74 Å². The van der Waals surface area contributed by atoms with Crippen LogP contribution in [0, 0.1) is 0 Å². The number of nitrogens with one attached hydrogen (secondary N) is 1. The number of carbonyl (C=O) groups excluding carboxylic acids is 1.